The first-order valence-corrected chi connectivity index (χ1v) is 3.88. The first kappa shape index (κ1) is 10.7. The van der Waals surface area contributed by atoms with Crippen LogP contribution in [0.15, 0.2) is 0 Å². The van der Waals surface area contributed by atoms with E-state index in [2.05, 4.69) is 5.32 Å². The van der Waals surface area contributed by atoms with Crippen molar-refractivity contribution in [1.29, 1.82) is 5.41 Å². The normalized spacial score (nSPS) is 12.1. The quantitative estimate of drug-likeness (QED) is 0.350. The molecule has 1 atom stereocenters. The summed E-state index contributed by atoms with van der Waals surface area (Å²) in [7, 11) is 0. The zero-order valence-corrected chi connectivity index (χ0v) is 7.13. The number of hydrogen-bond donors (Lipinski definition) is 4. The molecule has 0 rings (SSSR count). The van der Waals surface area contributed by atoms with E-state index in [1.54, 1.807) is 0 Å². The Hall–Kier alpha value is -1.26. The van der Waals surface area contributed by atoms with Crippen LogP contribution < -0.4 is 11.1 Å². The van der Waals surface area contributed by atoms with Gasteiger partial charge in [-0.3, -0.25) is 10.2 Å². The maximum Gasteiger partial charge on any atom is 0.305 e. The molecule has 12 heavy (non-hydrogen) atoms. The van der Waals surface area contributed by atoms with Crippen LogP contribution >= 0.6 is 0 Å². The standard InChI is InChI=1S/C7H15N3O2/c1-2-3-5(4-6(11)12)10-7(8)9/h5H,2-4H2,1H3,(H,11,12)(H4,8,9,10)/t5-/m1/s1. The van der Waals surface area contributed by atoms with Crippen molar-refractivity contribution in [1.82, 2.24) is 5.32 Å². The van der Waals surface area contributed by atoms with Gasteiger partial charge in [0.05, 0.1) is 6.42 Å². The highest BCUT2D eigenvalue weighted by Gasteiger charge is 2.11. The van der Waals surface area contributed by atoms with Gasteiger partial charge in [0.1, 0.15) is 0 Å². The molecule has 0 spiro atoms. The van der Waals surface area contributed by atoms with Crippen LogP contribution in [-0.2, 0) is 4.79 Å². The fourth-order valence-electron chi connectivity index (χ4n) is 1.00. The lowest BCUT2D eigenvalue weighted by molar-refractivity contribution is -0.137. The molecule has 0 amide bonds. The van der Waals surface area contributed by atoms with Crippen LogP contribution in [0.5, 0.6) is 0 Å². The first-order valence-electron chi connectivity index (χ1n) is 3.88. The first-order chi connectivity index (χ1) is 5.56. The Morgan fingerprint density at radius 3 is 2.67 bits per heavy atom. The predicted octanol–water partition coefficient (Wildman–Crippen LogP) is 0.113. The molecule has 0 radical (unpaired) electrons. The van der Waals surface area contributed by atoms with Gasteiger partial charge in [-0.25, -0.2) is 0 Å². The van der Waals surface area contributed by atoms with Gasteiger partial charge in [-0.1, -0.05) is 13.3 Å². The van der Waals surface area contributed by atoms with Crippen molar-refractivity contribution in [2.75, 3.05) is 0 Å². The molecule has 5 nitrogen and oxygen atoms in total. The Balaban J connectivity index is 3.85. The van der Waals surface area contributed by atoms with E-state index in [1.807, 2.05) is 6.92 Å². The van der Waals surface area contributed by atoms with Crippen LogP contribution in [0, 0.1) is 5.41 Å². The summed E-state index contributed by atoms with van der Waals surface area (Å²) in [5.74, 6) is -1.04. The van der Waals surface area contributed by atoms with Crippen LogP contribution in [0.3, 0.4) is 0 Å². The summed E-state index contributed by atoms with van der Waals surface area (Å²) in [5, 5.41) is 18.0. The van der Waals surface area contributed by atoms with Gasteiger partial charge in [0.15, 0.2) is 5.96 Å². The third kappa shape index (κ3) is 5.52. The zero-order chi connectivity index (χ0) is 9.56. The van der Waals surface area contributed by atoms with Crippen LogP contribution in [0.25, 0.3) is 0 Å². The number of hydrogen-bond acceptors (Lipinski definition) is 2. The molecule has 0 unspecified atom stereocenters. The van der Waals surface area contributed by atoms with E-state index < -0.39 is 5.97 Å². The van der Waals surface area contributed by atoms with Crippen molar-refractivity contribution in [3.05, 3.63) is 0 Å². The summed E-state index contributed by atoms with van der Waals surface area (Å²) in [6.45, 7) is 1.96. The van der Waals surface area contributed by atoms with Gasteiger partial charge in [-0.05, 0) is 6.42 Å². The molecule has 0 aromatic heterocycles. The van der Waals surface area contributed by atoms with Gasteiger partial charge in [-0.2, -0.15) is 0 Å². The highest BCUT2D eigenvalue weighted by molar-refractivity contribution is 5.76. The summed E-state index contributed by atoms with van der Waals surface area (Å²) < 4.78 is 0. The van der Waals surface area contributed by atoms with E-state index in [0.29, 0.717) is 6.42 Å². The van der Waals surface area contributed by atoms with E-state index in [0.717, 1.165) is 6.42 Å². The molecule has 5 heteroatoms. The summed E-state index contributed by atoms with van der Waals surface area (Å²) >= 11 is 0. The highest BCUT2D eigenvalue weighted by atomic mass is 16.4. The Morgan fingerprint density at radius 2 is 2.33 bits per heavy atom. The fourth-order valence-corrected chi connectivity index (χ4v) is 1.00. The lowest BCUT2D eigenvalue weighted by atomic mass is 10.1. The number of guanidine groups is 1. The average molecular weight is 173 g/mol. The molecule has 0 saturated heterocycles. The molecule has 0 fully saturated rings. The Kier molecular flexibility index (Phi) is 4.83. The Morgan fingerprint density at radius 1 is 1.75 bits per heavy atom. The second kappa shape index (κ2) is 5.40. The summed E-state index contributed by atoms with van der Waals surface area (Å²) in [4.78, 5) is 10.3. The lowest BCUT2D eigenvalue weighted by Gasteiger charge is -2.15. The van der Waals surface area contributed by atoms with E-state index in [1.165, 1.54) is 0 Å². The Bertz CT molecular complexity index is 154. The van der Waals surface area contributed by atoms with Crippen LogP contribution in [0.4, 0.5) is 0 Å². The largest absolute Gasteiger partial charge is 0.481 e. The molecule has 0 bridgehead atoms. The molecule has 0 aliphatic carbocycles. The van der Waals surface area contributed by atoms with Crippen molar-refractivity contribution >= 4 is 11.9 Å². The maximum atomic E-state index is 10.3. The summed E-state index contributed by atoms with van der Waals surface area (Å²) in [6.07, 6.45) is 1.59. The third-order valence-electron chi connectivity index (χ3n) is 1.42. The molecule has 0 aliphatic rings. The molecule has 0 aromatic carbocycles. The van der Waals surface area contributed by atoms with Gasteiger partial charge < -0.3 is 16.2 Å². The molecule has 5 N–H and O–H groups in total. The Labute approximate surface area is 71.5 Å². The van der Waals surface area contributed by atoms with Crippen LogP contribution in [-0.4, -0.2) is 23.1 Å². The minimum absolute atomic E-state index is 0.00736. The second-order valence-electron chi connectivity index (χ2n) is 2.64. The smallest absolute Gasteiger partial charge is 0.305 e. The second-order valence-corrected chi connectivity index (χ2v) is 2.64. The number of carboxylic acids is 1. The van der Waals surface area contributed by atoms with Gasteiger partial charge in [0.25, 0.3) is 0 Å². The molecule has 0 aromatic rings. The van der Waals surface area contributed by atoms with Crippen molar-refractivity contribution in [3.63, 3.8) is 0 Å². The topological polar surface area (TPSA) is 99.2 Å². The molecule has 0 saturated carbocycles. The molecular weight excluding hydrogens is 158 g/mol. The number of carboxylic acid groups (broad SMARTS) is 1. The fraction of sp³-hybridized carbons (Fsp3) is 0.714. The number of rotatable bonds is 5. The van der Waals surface area contributed by atoms with Crippen molar-refractivity contribution in [2.45, 2.75) is 32.2 Å². The molecule has 70 valence electrons. The monoisotopic (exact) mass is 173 g/mol. The SMILES string of the molecule is CCC[C@H](CC(=O)O)NC(=N)N. The highest BCUT2D eigenvalue weighted by Crippen LogP contribution is 2.00. The zero-order valence-electron chi connectivity index (χ0n) is 7.13. The van der Waals surface area contributed by atoms with Crippen molar-refractivity contribution < 1.29 is 9.90 Å². The van der Waals surface area contributed by atoms with E-state index in [-0.39, 0.29) is 18.4 Å². The van der Waals surface area contributed by atoms with Gasteiger partial charge in [-0.15, -0.1) is 0 Å². The average Bonchev–Trinajstić information content (AvgIpc) is 1.84. The van der Waals surface area contributed by atoms with Crippen LogP contribution in [0.1, 0.15) is 26.2 Å². The summed E-state index contributed by atoms with van der Waals surface area (Å²) in [5.41, 5.74) is 5.08. The molecule has 0 heterocycles. The van der Waals surface area contributed by atoms with Gasteiger partial charge in [0, 0.05) is 6.04 Å². The minimum Gasteiger partial charge on any atom is -0.481 e. The van der Waals surface area contributed by atoms with E-state index in [4.69, 9.17) is 16.2 Å². The van der Waals surface area contributed by atoms with E-state index in [9.17, 15) is 4.79 Å². The van der Waals surface area contributed by atoms with Crippen molar-refractivity contribution in [3.8, 4) is 0 Å². The van der Waals surface area contributed by atoms with Gasteiger partial charge >= 0.3 is 5.97 Å². The van der Waals surface area contributed by atoms with E-state index >= 15 is 0 Å². The third-order valence-corrected chi connectivity index (χ3v) is 1.42. The number of carbonyl (C=O) groups is 1. The lowest BCUT2D eigenvalue weighted by Crippen LogP contribution is -2.40. The molecule has 0 aliphatic heterocycles. The van der Waals surface area contributed by atoms with Crippen molar-refractivity contribution in [2.24, 2.45) is 5.73 Å². The minimum atomic E-state index is -0.873. The summed E-state index contributed by atoms with van der Waals surface area (Å²) in [6, 6.07) is -0.218. The van der Waals surface area contributed by atoms with Gasteiger partial charge in [0.2, 0.25) is 0 Å². The molecular formula is C7H15N3O2. The van der Waals surface area contributed by atoms with Crippen LogP contribution in [0.2, 0.25) is 0 Å². The number of nitrogens with one attached hydrogen (secondary N) is 2. The maximum absolute atomic E-state index is 10.3. The number of aliphatic carboxylic acids is 1. The predicted molar refractivity (Wildman–Crippen MR) is 46.0 cm³/mol. The number of nitrogens with two attached hydrogens (primary N) is 1.